The Bertz CT molecular complexity index is 223. The van der Waals surface area contributed by atoms with Crippen LogP contribution in [-0.2, 0) is 0 Å². The first kappa shape index (κ1) is 9.31. The van der Waals surface area contributed by atoms with Crippen LogP contribution in [0.2, 0.25) is 0 Å². The van der Waals surface area contributed by atoms with Gasteiger partial charge in [-0.05, 0) is 29.9 Å². The smallest absolute Gasteiger partial charge is 0.0190 e. The largest absolute Gasteiger partial charge is 0.0617 e. The summed E-state index contributed by atoms with van der Waals surface area (Å²) >= 11 is 0. The van der Waals surface area contributed by atoms with Crippen LogP contribution in [0, 0.1) is 6.92 Å². The van der Waals surface area contributed by atoms with E-state index >= 15 is 0 Å². The molecule has 1 aromatic rings. The van der Waals surface area contributed by atoms with Gasteiger partial charge < -0.3 is 0 Å². The monoisotopic (exact) mass is 161 g/mol. The number of hydrogen-bond donors (Lipinski definition) is 0. The van der Waals surface area contributed by atoms with Crippen LogP contribution in [0.3, 0.4) is 0 Å². The number of benzene rings is 1. The van der Waals surface area contributed by atoms with E-state index in [4.69, 9.17) is 0 Å². The molecule has 1 aromatic carbocycles. The molecule has 0 fully saturated rings. The normalized spacial score (nSPS) is 11.2. The summed E-state index contributed by atoms with van der Waals surface area (Å²) in [6.45, 7) is 10.6. The second-order valence-electron chi connectivity index (χ2n) is 3.73. The zero-order valence-electron chi connectivity index (χ0n) is 8.17. The summed E-state index contributed by atoms with van der Waals surface area (Å²) in [5, 5.41) is 0. The molecular formula is C12H17. The minimum Gasteiger partial charge on any atom is -0.0617 e. The summed E-state index contributed by atoms with van der Waals surface area (Å²) < 4.78 is 0. The molecule has 0 saturated carbocycles. The van der Waals surface area contributed by atoms with Crippen LogP contribution in [0.5, 0.6) is 0 Å². The Morgan fingerprint density at radius 3 is 2.17 bits per heavy atom. The third-order valence-electron chi connectivity index (χ3n) is 2.15. The summed E-state index contributed by atoms with van der Waals surface area (Å²) in [5.74, 6) is 1.01. The maximum Gasteiger partial charge on any atom is -0.0190 e. The highest BCUT2D eigenvalue weighted by atomic mass is 14.1. The van der Waals surface area contributed by atoms with Crippen molar-refractivity contribution >= 4 is 0 Å². The van der Waals surface area contributed by atoms with E-state index in [1.807, 2.05) is 0 Å². The Hall–Kier alpha value is -0.780. The summed E-state index contributed by atoms with van der Waals surface area (Å²) in [6, 6.07) is 8.69. The molecule has 0 spiro atoms. The summed E-state index contributed by atoms with van der Waals surface area (Å²) in [5.41, 5.74) is 2.74. The maximum atomic E-state index is 4.01. The van der Waals surface area contributed by atoms with Crippen molar-refractivity contribution < 1.29 is 0 Å². The predicted octanol–water partition coefficient (Wildman–Crippen LogP) is 3.75. The number of hydrogen-bond acceptors (Lipinski definition) is 0. The van der Waals surface area contributed by atoms with Crippen LogP contribution in [0.4, 0.5) is 0 Å². The zero-order chi connectivity index (χ0) is 9.14. The highest BCUT2D eigenvalue weighted by molar-refractivity contribution is 5.28. The molecule has 12 heavy (non-hydrogen) atoms. The Morgan fingerprint density at radius 1 is 1.08 bits per heavy atom. The lowest BCUT2D eigenvalue weighted by Crippen LogP contribution is -1.92. The van der Waals surface area contributed by atoms with Crippen LogP contribution in [0.25, 0.3) is 0 Å². The third-order valence-corrected chi connectivity index (χ3v) is 2.15. The van der Waals surface area contributed by atoms with E-state index in [2.05, 4.69) is 52.0 Å². The minimum atomic E-state index is 0.392. The van der Waals surface area contributed by atoms with Crippen molar-refractivity contribution in [2.24, 2.45) is 0 Å². The van der Waals surface area contributed by atoms with Gasteiger partial charge in [-0.1, -0.05) is 45.0 Å². The van der Waals surface area contributed by atoms with Gasteiger partial charge in [-0.15, -0.1) is 0 Å². The van der Waals surface area contributed by atoms with Crippen LogP contribution in [0.1, 0.15) is 43.7 Å². The van der Waals surface area contributed by atoms with Gasteiger partial charge >= 0.3 is 0 Å². The van der Waals surface area contributed by atoms with Gasteiger partial charge in [0.25, 0.3) is 0 Å². The van der Waals surface area contributed by atoms with Gasteiger partial charge in [0.05, 0.1) is 0 Å². The van der Waals surface area contributed by atoms with Crippen molar-refractivity contribution in [1.29, 1.82) is 0 Å². The summed E-state index contributed by atoms with van der Waals surface area (Å²) in [7, 11) is 0. The lowest BCUT2D eigenvalue weighted by atomic mass is 9.96. The second-order valence-corrected chi connectivity index (χ2v) is 3.73. The Balaban J connectivity index is 2.96. The van der Waals surface area contributed by atoms with Gasteiger partial charge in [-0.2, -0.15) is 0 Å². The molecule has 0 amide bonds. The first-order valence-electron chi connectivity index (χ1n) is 4.54. The van der Waals surface area contributed by atoms with Crippen LogP contribution in [-0.4, -0.2) is 0 Å². The van der Waals surface area contributed by atoms with Gasteiger partial charge in [0, 0.05) is 0 Å². The van der Waals surface area contributed by atoms with E-state index in [0.717, 1.165) is 0 Å². The Kier molecular flexibility index (Phi) is 2.91. The highest BCUT2D eigenvalue weighted by Crippen LogP contribution is 2.20. The molecule has 0 aliphatic rings. The second kappa shape index (κ2) is 3.75. The fourth-order valence-corrected chi connectivity index (χ4v) is 1.22. The number of rotatable bonds is 2. The first-order valence-corrected chi connectivity index (χ1v) is 4.54. The van der Waals surface area contributed by atoms with Crippen molar-refractivity contribution in [3.05, 3.63) is 42.3 Å². The summed E-state index contributed by atoms with van der Waals surface area (Å²) in [6.07, 6.45) is 0. The molecular weight excluding hydrogens is 144 g/mol. The topological polar surface area (TPSA) is 0 Å². The molecule has 1 radical (unpaired) electrons. The van der Waals surface area contributed by atoms with Crippen molar-refractivity contribution in [2.75, 3.05) is 0 Å². The predicted molar refractivity (Wildman–Crippen MR) is 54.3 cm³/mol. The maximum absolute atomic E-state index is 4.01. The van der Waals surface area contributed by atoms with E-state index in [9.17, 15) is 0 Å². The standard InChI is InChI=1S/C12H17/c1-9(2)11-6-5-7-12(8-11)10(3)4/h5-10H,1H2,2-4H3. The van der Waals surface area contributed by atoms with Crippen molar-refractivity contribution in [1.82, 2.24) is 0 Å². The average Bonchev–Trinajstić information content (AvgIpc) is 2.04. The van der Waals surface area contributed by atoms with Gasteiger partial charge in [-0.25, -0.2) is 0 Å². The van der Waals surface area contributed by atoms with Crippen molar-refractivity contribution in [2.45, 2.75) is 32.6 Å². The quantitative estimate of drug-likeness (QED) is 0.619. The third kappa shape index (κ3) is 2.10. The zero-order valence-corrected chi connectivity index (χ0v) is 8.17. The van der Waals surface area contributed by atoms with E-state index in [1.54, 1.807) is 0 Å². The van der Waals surface area contributed by atoms with E-state index in [0.29, 0.717) is 11.8 Å². The van der Waals surface area contributed by atoms with Crippen LogP contribution in [0.15, 0.2) is 24.3 Å². The fourth-order valence-electron chi connectivity index (χ4n) is 1.22. The summed E-state index contributed by atoms with van der Waals surface area (Å²) in [4.78, 5) is 0. The lowest BCUT2D eigenvalue weighted by molar-refractivity contribution is 0.856. The SMILES string of the molecule is [CH2]C(C)c1cccc(C(C)C)c1. The molecule has 1 unspecified atom stereocenters. The fraction of sp³-hybridized carbons (Fsp3) is 0.417. The van der Waals surface area contributed by atoms with Gasteiger partial charge in [-0.3, -0.25) is 0 Å². The molecule has 0 nitrogen and oxygen atoms in total. The van der Waals surface area contributed by atoms with Crippen molar-refractivity contribution in [3.8, 4) is 0 Å². The molecule has 1 atom stereocenters. The molecule has 0 aliphatic carbocycles. The Labute approximate surface area is 75.6 Å². The van der Waals surface area contributed by atoms with Crippen LogP contribution < -0.4 is 0 Å². The van der Waals surface area contributed by atoms with E-state index < -0.39 is 0 Å². The van der Waals surface area contributed by atoms with Gasteiger partial charge in [0.1, 0.15) is 0 Å². The van der Waals surface area contributed by atoms with E-state index in [-0.39, 0.29) is 0 Å². The molecule has 0 bridgehead atoms. The molecule has 0 saturated heterocycles. The van der Waals surface area contributed by atoms with Crippen molar-refractivity contribution in [3.63, 3.8) is 0 Å². The first-order chi connectivity index (χ1) is 5.61. The average molecular weight is 161 g/mol. The van der Waals surface area contributed by atoms with Gasteiger partial charge in [0.15, 0.2) is 0 Å². The molecule has 0 aromatic heterocycles. The van der Waals surface area contributed by atoms with Gasteiger partial charge in [0.2, 0.25) is 0 Å². The van der Waals surface area contributed by atoms with E-state index in [1.165, 1.54) is 11.1 Å². The molecule has 0 heteroatoms. The highest BCUT2D eigenvalue weighted by Gasteiger charge is 2.02. The molecule has 0 N–H and O–H groups in total. The molecule has 0 heterocycles. The molecule has 0 aliphatic heterocycles. The lowest BCUT2D eigenvalue weighted by Gasteiger charge is -2.09. The minimum absolute atomic E-state index is 0.392. The van der Waals surface area contributed by atoms with Crippen LogP contribution >= 0.6 is 0 Å². The molecule has 1 rings (SSSR count). The molecule has 65 valence electrons. The Morgan fingerprint density at radius 2 is 1.67 bits per heavy atom.